The van der Waals surface area contributed by atoms with Crippen LogP contribution in [-0.4, -0.2) is 61.1 Å². The molecule has 1 heterocycles. The lowest BCUT2D eigenvalue weighted by molar-refractivity contribution is 0.0265. The molecule has 34 heavy (non-hydrogen) atoms. The van der Waals surface area contributed by atoms with Gasteiger partial charge in [0.1, 0.15) is 5.75 Å². The van der Waals surface area contributed by atoms with E-state index in [0.29, 0.717) is 6.04 Å². The van der Waals surface area contributed by atoms with Crippen molar-refractivity contribution in [2.75, 3.05) is 33.3 Å². The fourth-order valence-corrected chi connectivity index (χ4v) is 5.22. The predicted molar refractivity (Wildman–Crippen MR) is 141 cm³/mol. The number of rotatable bonds is 9. The van der Waals surface area contributed by atoms with Crippen LogP contribution < -0.4 is 10.1 Å². The summed E-state index contributed by atoms with van der Waals surface area (Å²) in [6, 6.07) is 15.2. The lowest BCUT2D eigenvalue weighted by atomic mass is 9.79. The summed E-state index contributed by atoms with van der Waals surface area (Å²) in [5, 5.41) is 3.73. The van der Waals surface area contributed by atoms with Crippen molar-refractivity contribution in [1.29, 1.82) is 0 Å². The fraction of sp³-hybridized carbons (Fsp3) is 0.483. The van der Waals surface area contributed by atoms with Gasteiger partial charge in [0.2, 0.25) is 0 Å². The molecule has 0 saturated carbocycles. The molecule has 0 aliphatic carbocycles. The van der Waals surface area contributed by atoms with E-state index < -0.39 is 0 Å². The van der Waals surface area contributed by atoms with Crippen LogP contribution in [0.1, 0.15) is 61.7 Å². The fourth-order valence-electron chi connectivity index (χ4n) is 5.22. The lowest BCUT2D eigenvalue weighted by Crippen LogP contribution is -2.65. The highest BCUT2D eigenvalue weighted by Crippen LogP contribution is 2.40. The number of methoxy groups -OCH3 is 1. The molecule has 1 fully saturated rings. The summed E-state index contributed by atoms with van der Waals surface area (Å²) in [7, 11) is 1.75. The van der Waals surface area contributed by atoms with Gasteiger partial charge in [-0.05, 0) is 70.4 Å². The monoisotopic (exact) mass is 463 g/mol. The summed E-state index contributed by atoms with van der Waals surface area (Å²) < 4.78 is 5.91. The van der Waals surface area contributed by atoms with E-state index >= 15 is 0 Å². The molecule has 1 amide bonds. The van der Waals surface area contributed by atoms with E-state index in [9.17, 15) is 4.79 Å². The number of benzene rings is 2. The maximum Gasteiger partial charge on any atom is 0.253 e. The minimum atomic E-state index is -0.211. The Morgan fingerprint density at radius 1 is 1.18 bits per heavy atom. The smallest absolute Gasteiger partial charge is 0.253 e. The first kappa shape index (κ1) is 26.0. The second-order valence-electron chi connectivity index (χ2n) is 9.52. The maximum absolute atomic E-state index is 12.6. The van der Waals surface area contributed by atoms with Crippen molar-refractivity contribution in [3.8, 4) is 5.75 Å². The molecule has 1 saturated heterocycles. The normalized spacial score (nSPS) is 22.9. The highest BCUT2D eigenvalue weighted by Gasteiger charge is 2.44. The van der Waals surface area contributed by atoms with Crippen LogP contribution in [0.4, 0.5) is 0 Å². The summed E-state index contributed by atoms with van der Waals surface area (Å²) in [5.74, 6) is 0.995. The first-order valence-electron chi connectivity index (χ1n) is 12.5. The highest BCUT2D eigenvalue weighted by molar-refractivity contribution is 5.94. The Morgan fingerprint density at radius 3 is 2.41 bits per heavy atom. The van der Waals surface area contributed by atoms with E-state index in [-0.39, 0.29) is 17.5 Å². The molecular formula is C29H41N3O2. The average molecular weight is 464 g/mol. The molecule has 2 aromatic carbocycles. The molecule has 1 aliphatic heterocycles. The molecule has 184 valence electrons. The van der Waals surface area contributed by atoms with Crippen LogP contribution in [0.25, 0.3) is 0 Å². The number of nitrogens with zero attached hydrogens (tertiary/aromatic N) is 2. The molecule has 0 bridgehead atoms. The van der Waals surface area contributed by atoms with Crippen LogP contribution in [-0.2, 0) is 12.0 Å². The molecule has 5 nitrogen and oxygen atoms in total. The summed E-state index contributed by atoms with van der Waals surface area (Å²) >= 11 is 0. The van der Waals surface area contributed by atoms with Gasteiger partial charge < -0.3 is 15.0 Å². The standard InChI is InChI=1S/C29H41N3O2/c1-8-17-32-20-21(4)30-22(5)29(32,6)26-16-13-24(19-27(26)34-7)18-23-11-14-25(15-12-23)28(33)31(9-2)10-3/h8,11-16,19,21-22,30H,1,9-10,17-18,20H2,2-7H3. The number of ether oxygens (including phenoxy) is 1. The molecular weight excluding hydrogens is 422 g/mol. The minimum Gasteiger partial charge on any atom is -0.496 e. The van der Waals surface area contributed by atoms with Crippen LogP contribution in [0.3, 0.4) is 0 Å². The Labute approximate surface area is 205 Å². The average Bonchev–Trinajstić information content (AvgIpc) is 2.83. The highest BCUT2D eigenvalue weighted by atomic mass is 16.5. The second-order valence-corrected chi connectivity index (χ2v) is 9.52. The lowest BCUT2D eigenvalue weighted by Gasteiger charge is -2.52. The zero-order valence-electron chi connectivity index (χ0n) is 21.7. The third-order valence-electron chi connectivity index (χ3n) is 7.35. The van der Waals surface area contributed by atoms with Crippen LogP contribution in [0.5, 0.6) is 5.75 Å². The van der Waals surface area contributed by atoms with Gasteiger partial charge in [-0.2, -0.15) is 0 Å². The van der Waals surface area contributed by atoms with Gasteiger partial charge in [-0.1, -0.05) is 30.3 Å². The Bertz CT molecular complexity index is 983. The second kappa shape index (κ2) is 11.2. The molecule has 1 N–H and O–H groups in total. The van der Waals surface area contributed by atoms with Gasteiger partial charge in [-0.15, -0.1) is 6.58 Å². The van der Waals surface area contributed by atoms with Crippen LogP contribution in [0.2, 0.25) is 0 Å². The number of nitrogens with one attached hydrogen (secondary N) is 1. The Kier molecular flexibility index (Phi) is 8.56. The molecule has 0 aromatic heterocycles. The summed E-state index contributed by atoms with van der Waals surface area (Å²) in [6.07, 6.45) is 2.77. The van der Waals surface area contributed by atoms with Gasteiger partial charge in [-0.3, -0.25) is 9.69 Å². The van der Waals surface area contributed by atoms with Gasteiger partial charge in [0.15, 0.2) is 0 Å². The van der Waals surface area contributed by atoms with E-state index in [1.165, 1.54) is 16.7 Å². The van der Waals surface area contributed by atoms with Gasteiger partial charge in [0.25, 0.3) is 5.91 Å². The van der Waals surface area contributed by atoms with Crippen LogP contribution >= 0.6 is 0 Å². The van der Waals surface area contributed by atoms with E-state index in [0.717, 1.165) is 43.9 Å². The Hall–Kier alpha value is -2.63. The number of carbonyl (C=O) groups is 1. The third-order valence-corrected chi connectivity index (χ3v) is 7.35. The Balaban J connectivity index is 1.85. The minimum absolute atomic E-state index is 0.0874. The summed E-state index contributed by atoms with van der Waals surface area (Å²) in [5.41, 5.74) is 4.08. The SMILES string of the molecule is C=CCN1CC(C)NC(C)C1(C)c1ccc(Cc2ccc(C(=O)N(CC)CC)cc2)cc1OC. The Morgan fingerprint density at radius 2 is 1.82 bits per heavy atom. The van der Waals surface area contributed by atoms with Gasteiger partial charge in [0, 0.05) is 49.4 Å². The molecule has 0 radical (unpaired) electrons. The molecule has 1 aliphatic rings. The summed E-state index contributed by atoms with van der Waals surface area (Å²) in [4.78, 5) is 16.9. The predicted octanol–water partition coefficient (Wildman–Crippen LogP) is 4.85. The summed E-state index contributed by atoms with van der Waals surface area (Å²) in [6.45, 7) is 18.0. The quantitative estimate of drug-likeness (QED) is 0.540. The number of hydrogen-bond acceptors (Lipinski definition) is 4. The van der Waals surface area contributed by atoms with Gasteiger partial charge in [-0.25, -0.2) is 0 Å². The van der Waals surface area contributed by atoms with E-state index in [4.69, 9.17) is 4.74 Å². The molecule has 3 atom stereocenters. The van der Waals surface area contributed by atoms with Gasteiger partial charge >= 0.3 is 0 Å². The first-order valence-corrected chi connectivity index (χ1v) is 12.5. The largest absolute Gasteiger partial charge is 0.496 e. The first-order chi connectivity index (χ1) is 16.3. The number of carbonyl (C=O) groups excluding carboxylic acids is 1. The molecule has 3 rings (SSSR count). The number of piperazine rings is 1. The van der Waals surface area contributed by atoms with Crippen molar-refractivity contribution < 1.29 is 9.53 Å². The van der Waals surface area contributed by atoms with E-state index in [2.05, 4.69) is 67.9 Å². The van der Waals surface area contributed by atoms with Crippen LogP contribution in [0, 0.1) is 0 Å². The van der Waals surface area contributed by atoms with Crippen molar-refractivity contribution >= 4 is 5.91 Å². The maximum atomic E-state index is 12.6. The van der Waals surface area contributed by atoms with E-state index in [1.807, 2.05) is 37.0 Å². The van der Waals surface area contributed by atoms with Crippen molar-refractivity contribution in [2.24, 2.45) is 0 Å². The zero-order valence-corrected chi connectivity index (χ0v) is 21.7. The third kappa shape index (κ3) is 5.21. The molecule has 3 unspecified atom stereocenters. The number of hydrogen-bond donors (Lipinski definition) is 1. The van der Waals surface area contributed by atoms with Crippen LogP contribution in [0.15, 0.2) is 55.1 Å². The zero-order chi connectivity index (χ0) is 24.9. The van der Waals surface area contributed by atoms with Crippen molar-refractivity contribution in [3.05, 3.63) is 77.4 Å². The molecule has 0 spiro atoms. The van der Waals surface area contributed by atoms with Crippen molar-refractivity contribution in [2.45, 2.75) is 58.7 Å². The van der Waals surface area contributed by atoms with E-state index in [1.54, 1.807) is 7.11 Å². The molecule has 2 aromatic rings. The van der Waals surface area contributed by atoms with Gasteiger partial charge in [0.05, 0.1) is 12.6 Å². The van der Waals surface area contributed by atoms with Crippen molar-refractivity contribution in [1.82, 2.24) is 15.1 Å². The van der Waals surface area contributed by atoms with Crippen molar-refractivity contribution in [3.63, 3.8) is 0 Å². The topological polar surface area (TPSA) is 44.8 Å². The molecule has 5 heteroatoms. The number of amides is 1.